The average molecular weight is 462 g/mol. The number of hydrogen-bond donors (Lipinski definition) is 1. The summed E-state index contributed by atoms with van der Waals surface area (Å²) >= 11 is 0. The topological polar surface area (TPSA) is 55.6 Å². The van der Waals surface area contributed by atoms with Gasteiger partial charge in [0.25, 0.3) is 0 Å². The van der Waals surface area contributed by atoms with Gasteiger partial charge in [-0.1, -0.05) is 67.8 Å². The lowest BCUT2D eigenvalue weighted by atomic mass is 9.95. The highest BCUT2D eigenvalue weighted by Gasteiger charge is 2.22. The molecule has 2 aromatic heterocycles. The quantitative estimate of drug-likeness (QED) is 0.224. The minimum Gasteiger partial charge on any atom is -0.422 e. The number of pyridine rings is 1. The molecule has 0 spiro atoms. The van der Waals surface area contributed by atoms with Gasteiger partial charge in [0.2, 0.25) is 0 Å². The molecule has 3 aromatic carbocycles. The van der Waals surface area contributed by atoms with Gasteiger partial charge in [0.1, 0.15) is 22.9 Å². The van der Waals surface area contributed by atoms with Gasteiger partial charge in [-0.15, -0.1) is 0 Å². The minimum atomic E-state index is -0.381. The van der Waals surface area contributed by atoms with Gasteiger partial charge in [0.05, 0.1) is 5.56 Å². The van der Waals surface area contributed by atoms with Gasteiger partial charge in [-0.05, 0) is 60.0 Å². The Hall–Kier alpha value is -4.12. The number of anilines is 1. The molecular weight excluding hydrogens is 434 g/mol. The van der Waals surface area contributed by atoms with E-state index in [1.807, 2.05) is 91.1 Å². The van der Waals surface area contributed by atoms with Crippen molar-refractivity contribution in [2.75, 3.05) is 5.32 Å². The predicted octanol–water partition coefficient (Wildman–Crippen LogP) is 7.12. The van der Waals surface area contributed by atoms with Crippen molar-refractivity contribution >= 4 is 28.2 Å². The molecule has 1 aliphatic rings. The molecule has 174 valence electrons. The Morgan fingerprint density at radius 3 is 2.51 bits per heavy atom. The number of hydrogen-bond acceptors (Lipinski definition) is 4. The van der Waals surface area contributed by atoms with E-state index in [9.17, 15) is 4.79 Å². The van der Waals surface area contributed by atoms with Gasteiger partial charge in [0, 0.05) is 17.8 Å². The van der Waals surface area contributed by atoms with E-state index in [4.69, 9.17) is 9.72 Å². The van der Waals surface area contributed by atoms with Crippen LogP contribution >= 0.6 is 0 Å². The van der Waals surface area contributed by atoms with Gasteiger partial charge >= 0.3 is 5.97 Å². The molecule has 1 saturated carbocycles. The third-order valence-corrected chi connectivity index (χ3v) is 6.81. The van der Waals surface area contributed by atoms with Crippen LogP contribution in [-0.2, 0) is 0 Å². The fourth-order valence-corrected chi connectivity index (χ4v) is 4.99. The normalized spacial score (nSPS) is 14.3. The third kappa shape index (κ3) is 4.26. The van der Waals surface area contributed by atoms with Crippen LogP contribution in [0.2, 0.25) is 0 Å². The maximum atomic E-state index is 13.2. The number of esters is 1. The number of rotatable bonds is 5. The summed E-state index contributed by atoms with van der Waals surface area (Å²) in [4.78, 5) is 18.1. The van der Waals surface area contributed by atoms with Gasteiger partial charge in [-0.25, -0.2) is 9.78 Å². The summed E-state index contributed by atoms with van der Waals surface area (Å²) < 4.78 is 8.05. The highest BCUT2D eigenvalue weighted by Crippen LogP contribution is 2.37. The molecule has 0 radical (unpaired) electrons. The van der Waals surface area contributed by atoms with Crippen LogP contribution in [0.5, 0.6) is 5.75 Å². The van der Waals surface area contributed by atoms with Gasteiger partial charge in [-0.2, -0.15) is 0 Å². The van der Waals surface area contributed by atoms with Crippen molar-refractivity contribution in [2.24, 2.45) is 0 Å². The Kier molecular flexibility index (Phi) is 5.67. The van der Waals surface area contributed by atoms with Crippen LogP contribution in [0.15, 0.2) is 91.1 Å². The Bertz CT molecular complexity index is 1510. The van der Waals surface area contributed by atoms with Crippen molar-refractivity contribution in [1.29, 1.82) is 0 Å². The molecule has 0 aliphatic heterocycles. The molecule has 5 heteroatoms. The number of benzene rings is 3. The number of imidazole rings is 1. The molecule has 1 N–H and O–H groups in total. The molecule has 0 unspecified atom stereocenters. The van der Waals surface area contributed by atoms with E-state index in [0.717, 1.165) is 46.3 Å². The summed E-state index contributed by atoms with van der Waals surface area (Å²) in [6.07, 6.45) is 8.11. The van der Waals surface area contributed by atoms with E-state index >= 15 is 0 Å². The van der Waals surface area contributed by atoms with Crippen LogP contribution in [0.25, 0.3) is 27.7 Å². The van der Waals surface area contributed by atoms with E-state index in [2.05, 4.69) is 9.72 Å². The number of ether oxygens (including phenoxy) is 1. The SMILES string of the molecule is O=C(Oc1ccccc1-c1nc2ccccn2c1NC1CCCCC1)c1ccc2ccccc2c1. The van der Waals surface area contributed by atoms with Gasteiger partial charge in [-0.3, -0.25) is 4.40 Å². The first kappa shape index (κ1) is 21.4. The summed E-state index contributed by atoms with van der Waals surface area (Å²) in [5, 5.41) is 5.86. The first-order valence-corrected chi connectivity index (χ1v) is 12.3. The summed E-state index contributed by atoms with van der Waals surface area (Å²) in [5.74, 6) is 1.07. The molecular formula is C30H27N3O2. The number of nitrogens with one attached hydrogen (secondary N) is 1. The molecule has 6 rings (SSSR count). The fraction of sp³-hybridized carbons (Fsp3) is 0.200. The van der Waals surface area contributed by atoms with Gasteiger partial charge in [0.15, 0.2) is 0 Å². The van der Waals surface area contributed by atoms with Crippen molar-refractivity contribution in [1.82, 2.24) is 9.38 Å². The van der Waals surface area contributed by atoms with Crippen LogP contribution in [0, 0.1) is 0 Å². The number of carbonyl (C=O) groups excluding carboxylic acids is 1. The first-order valence-electron chi connectivity index (χ1n) is 12.3. The summed E-state index contributed by atoms with van der Waals surface area (Å²) in [7, 11) is 0. The van der Waals surface area contributed by atoms with Crippen LogP contribution in [-0.4, -0.2) is 21.4 Å². The molecule has 1 fully saturated rings. The summed E-state index contributed by atoms with van der Waals surface area (Å²) in [5.41, 5.74) is 2.97. The molecule has 5 aromatic rings. The molecule has 5 nitrogen and oxygen atoms in total. The van der Waals surface area contributed by atoms with Crippen LogP contribution in [0.4, 0.5) is 5.82 Å². The largest absolute Gasteiger partial charge is 0.422 e. The number of para-hydroxylation sites is 1. The predicted molar refractivity (Wildman–Crippen MR) is 140 cm³/mol. The second-order valence-electron chi connectivity index (χ2n) is 9.16. The van der Waals surface area contributed by atoms with Crippen molar-refractivity contribution < 1.29 is 9.53 Å². The monoisotopic (exact) mass is 461 g/mol. The molecule has 35 heavy (non-hydrogen) atoms. The second-order valence-corrected chi connectivity index (χ2v) is 9.16. The number of fused-ring (bicyclic) bond motifs is 2. The van der Waals surface area contributed by atoms with E-state index in [1.54, 1.807) is 0 Å². The highest BCUT2D eigenvalue weighted by atomic mass is 16.5. The summed E-state index contributed by atoms with van der Waals surface area (Å²) in [6.45, 7) is 0. The molecule has 0 amide bonds. The summed E-state index contributed by atoms with van der Waals surface area (Å²) in [6, 6.07) is 27.7. The van der Waals surface area contributed by atoms with E-state index in [0.29, 0.717) is 17.4 Å². The maximum Gasteiger partial charge on any atom is 0.343 e. The Labute approximate surface area is 204 Å². The number of aromatic nitrogens is 2. The van der Waals surface area contributed by atoms with Crippen molar-refractivity contribution in [2.45, 2.75) is 38.1 Å². The minimum absolute atomic E-state index is 0.381. The van der Waals surface area contributed by atoms with E-state index < -0.39 is 0 Å². The highest BCUT2D eigenvalue weighted by molar-refractivity contribution is 5.97. The van der Waals surface area contributed by atoms with Crippen molar-refractivity contribution in [3.8, 4) is 17.0 Å². The molecule has 0 atom stereocenters. The third-order valence-electron chi connectivity index (χ3n) is 6.81. The Morgan fingerprint density at radius 1 is 0.857 bits per heavy atom. The van der Waals surface area contributed by atoms with Crippen molar-refractivity contribution in [3.05, 3.63) is 96.7 Å². The standard InChI is InChI=1S/C30H27N3O2/c34-30(23-18-17-21-10-4-5-11-22(21)20-23)35-26-15-7-6-14-25(26)28-29(31-24-12-2-1-3-13-24)33-19-9-8-16-27(33)32-28/h4-11,14-20,24,31H,1-3,12-13H2. The Morgan fingerprint density at radius 2 is 1.63 bits per heavy atom. The molecule has 2 heterocycles. The smallest absolute Gasteiger partial charge is 0.343 e. The van der Waals surface area contributed by atoms with E-state index in [-0.39, 0.29) is 5.97 Å². The lowest BCUT2D eigenvalue weighted by Crippen LogP contribution is -2.23. The maximum absolute atomic E-state index is 13.2. The zero-order valence-corrected chi connectivity index (χ0v) is 19.5. The van der Waals surface area contributed by atoms with E-state index in [1.165, 1.54) is 19.3 Å². The van der Waals surface area contributed by atoms with Crippen LogP contribution in [0.3, 0.4) is 0 Å². The lowest BCUT2D eigenvalue weighted by Gasteiger charge is -2.24. The second kappa shape index (κ2) is 9.26. The molecule has 0 bridgehead atoms. The fourth-order valence-electron chi connectivity index (χ4n) is 4.99. The first-order chi connectivity index (χ1) is 17.3. The van der Waals surface area contributed by atoms with Crippen molar-refractivity contribution in [3.63, 3.8) is 0 Å². The lowest BCUT2D eigenvalue weighted by molar-refractivity contribution is 0.0735. The zero-order valence-electron chi connectivity index (χ0n) is 19.5. The van der Waals surface area contributed by atoms with Crippen LogP contribution < -0.4 is 10.1 Å². The molecule has 0 saturated heterocycles. The Balaban J connectivity index is 1.37. The number of nitrogens with zero attached hydrogens (tertiary/aromatic N) is 2. The van der Waals surface area contributed by atoms with Crippen LogP contribution in [0.1, 0.15) is 42.5 Å². The van der Waals surface area contributed by atoms with Gasteiger partial charge < -0.3 is 10.1 Å². The number of carbonyl (C=O) groups is 1. The molecule has 1 aliphatic carbocycles. The zero-order chi connectivity index (χ0) is 23.6. The average Bonchev–Trinajstić information content (AvgIpc) is 3.27.